The van der Waals surface area contributed by atoms with E-state index in [0.29, 0.717) is 17.9 Å². The lowest BCUT2D eigenvalue weighted by Gasteiger charge is -2.11. The fourth-order valence-electron chi connectivity index (χ4n) is 2.83. The molecule has 2 aromatic rings. The third kappa shape index (κ3) is 9.19. The Labute approximate surface area is 174 Å². The van der Waals surface area contributed by atoms with Crippen molar-refractivity contribution < 1.29 is 18.8 Å². The molecule has 0 unspecified atom stereocenters. The summed E-state index contributed by atoms with van der Waals surface area (Å²) in [6.45, 7) is 6.22. The van der Waals surface area contributed by atoms with E-state index >= 15 is 0 Å². The van der Waals surface area contributed by atoms with Crippen molar-refractivity contribution in [3.63, 3.8) is 0 Å². The van der Waals surface area contributed by atoms with E-state index in [0.717, 1.165) is 17.9 Å². The predicted molar refractivity (Wildman–Crippen MR) is 120 cm³/mol. The molecule has 6 heteroatoms. The first kappa shape index (κ1) is 23.0. The highest BCUT2D eigenvalue weighted by atomic mass is 31.2. The van der Waals surface area contributed by atoms with Crippen LogP contribution >= 0.6 is 7.29 Å². The molecule has 0 spiro atoms. The molecule has 0 fully saturated rings. The van der Waals surface area contributed by atoms with Gasteiger partial charge in [0.2, 0.25) is 0 Å². The lowest BCUT2D eigenvalue weighted by atomic mass is 10.1. The van der Waals surface area contributed by atoms with Gasteiger partial charge in [-0.25, -0.2) is 4.79 Å². The second-order valence-corrected chi connectivity index (χ2v) is 10.4. The second kappa shape index (κ2) is 11.7. The van der Waals surface area contributed by atoms with Crippen LogP contribution in [0.25, 0.3) is 0 Å². The zero-order valence-corrected chi connectivity index (χ0v) is 18.5. The van der Waals surface area contributed by atoms with Gasteiger partial charge in [-0.3, -0.25) is 0 Å². The number of carbonyl (C=O) groups is 1. The van der Waals surface area contributed by atoms with E-state index in [1.165, 1.54) is 32.1 Å². The molecule has 0 radical (unpaired) electrons. The summed E-state index contributed by atoms with van der Waals surface area (Å²) in [5, 5.41) is 2.93. The Morgan fingerprint density at radius 2 is 1.45 bits per heavy atom. The van der Waals surface area contributed by atoms with Gasteiger partial charge in [-0.05, 0) is 55.0 Å². The highest BCUT2D eigenvalue weighted by Gasteiger charge is 2.10. The lowest BCUT2D eigenvalue weighted by molar-refractivity contribution is 0.0734. The van der Waals surface area contributed by atoms with Crippen LogP contribution in [0.2, 0.25) is 0 Å². The Bertz CT molecular complexity index is 797. The van der Waals surface area contributed by atoms with E-state index in [2.05, 4.69) is 12.0 Å². The van der Waals surface area contributed by atoms with Gasteiger partial charge in [0.1, 0.15) is 11.5 Å². The summed E-state index contributed by atoms with van der Waals surface area (Å²) in [5.41, 5.74) is 1.19. The number of rotatable bonds is 12. The first-order valence-corrected chi connectivity index (χ1v) is 12.9. The third-order valence-electron chi connectivity index (χ3n) is 4.32. The van der Waals surface area contributed by atoms with Gasteiger partial charge in [-0.2, -0.15) is 0 Å². The summed E-state index contributed by atoms with van der Waals surface area (Å²) in [4.78, 5) is 12.3. The van der Waals surface area contributed by atoms with Crippen LogP contribution in [0.3, 0.4) is 0 Å². The molecule has 5 nitrogen and oxygen atoms in total. The zero-order valence-electron chi connectivity index (χ0n) is 17.6. The van der Waals surface area contributed by atoms with E-state index in [4.69, 9.17) is 9.47 Å². The van der Waals surface area contributed by atoms with E-state index in [1.54, 1.807) is 61.9 Å². The Kier molecular flexibility index (Phi) is 9.27. The molecule has 0 bridgehead atoms. The van der Waals surface area contributed by atoms with Crippen molar-refractivity contribution in [2.75, 3.05) is 25.0 Å². The van der Waals surface area contributed by atoms with Crippen LogP contribution in [0.4, 0.5) is 5.69 Å². The highest BCUT2D eigenvalue weighted by Crippen LogP contribution is 2.36. The van der Waals surface area contributed by atoms with Crippen LogP contribution < -0.4 is 14.6 Å². The molecule has 0 aromatic heterocycles. The quantitative estimate of drug-likeness (QED) is 0.183. The average Bonchev–Trinajstić information content (AvgIpc) is 2.68. The summed E-state index contributed by atoms with van der Waals surface area (Å²) in [6, 6.07) is 13.8. The molecular formula is C23H32NO4P. The number of hydrogen-bond acceptors (Lipinski definition) is 4. The maximum Gasteiger partial charge on any atom is 0.343 e. The standard InChI is InChI=1S/C23H32NO4P/c1-4-5-6-7-8-9-18-27-21-14-10-19(11-15-21)23(25)28-22-16-12-20(13-17-22)24-29(2,3)26/h10-17H,4-9,18H2,1-3H3,(H,24,26). The SMILES string of the molecule is CCCCCCCCOc1ccc(C(=O)Oc2ccc(NP(C)(C)=O)cc2)cc1. The number of ether oxygens (including phenoxy) is 2. The molecule has 158 valence electrons. The van der Waals surface area contributed by atoms with Crippen molar-refractivity contribution in [2.45, 2.75) is 45.4 Å². The van der Waals surface area contributed by atoms with Gasteiger partial charge in [0.15, 0.2) is 7.29 Å². The van der Waals surface area contributed by atoms with Gasteiger partial charge >= 0.3 is 5.97 Å². The molecule has 0 saturated heterocycles. The maximum atomic E-state index is 12.3. The number of hydrogen-bond donors (Lipinski definition) is 1. The summed E-state index contributed by atoms with van der Waals surface area (Å²) in [7, 11) is -2.37. The Morgan fingerprint density at radius 3 is 2.07 bits per heavy atom. The molecule has 0 atom stereocenters. The molecule has 0 amide bonds. The Morgan fingerprint density at radius 1 is 0.862 bits per heavy atom. The number of esters is 1. The number of benzene rings is 2. The fourth-order valence-corrected chi connectivity index (χ4v) is 3.60. The van der Waals surface area contributed by atoms with Crippen LogP contribution in [0.15, 0.2) is 48.5 Å². The zero-order chi connectivity index (χ0) is 21.1. The monoisotopic (exact) mass is 417 g/mol. The Hall–Kier alpha value is -2.26. The molecule has 1 N–H and O–H groups in total. The second-order valence-electron chi connectivity index (χ2n) is 7.52. The van der Waals surface area contributed by atoms with Gasteiger partial charge in [0.25, 0.3) is 0 Å². The largest absolute Gasteiger partial charge is 0.494 e. The summed E-state index contributed by atoms with van der Waals surface area (Å²) in [6.07, 6.45) is 7.35. The minimum atomic E-state index is -2.37. The summed E-state index contributed by atoms with van der Waals surface area (Å²) < 4.78 is 22.9. The number of anilines is 1. The molecule has 0 aliphatic carbocycles. The van der Waals surface area contributed by atoms with Crippen molar-refractivity contribution >= 4 is 18.9 Å². The normalized spacial score (nSPS) is 11.1. The van der Waals surface area contributed by atoms with E-state index in [9.17, 15) is 9.36 Å². The van der Waals surface area contributed by atoms with Gasteiger partial charge < -0.3 is 19.1 Å². The summed E-state index contributed by atoms with van der Waals surface area (Å²) in [5.74, 6) is 0.768. The van der Waals surface area contributed by atoms with Crippen molar-refractivity contribution in [3.8, 4) is 11.5 Å². The Balaban J connectivity index is 1.77. The fraction of sp³-hybridized carbons (Fsp3) is 0.435. The van der Waals surface area contributed by atoms with Crippen LogP contribution in [-0.4, -0.2) is 25.9 Å². The van der Waals surface area contributed by atoms with Crippen molar-refractivity contribution in [1.82, 2.24) is 0 Å². The molecule has 0 aliphatic heterocycles. The molecular weight excluding hydrogens is 385 g/mol. The highest BCUT2D eigenvalue weighted by molar-refractivity contribution is 7.63. The van der Waals surface area contributed by atoms with Crippen molar-refractivity contribution in [2.24, 2.45) is 0 Å². The predicted octanol–water partition coefficient (Wildman–Crippen LogP) is 6.59. The van der Waals surface area contributed by atoms with Crippen LogP contribution in [-0.2, 0) is 4.57 Å². The molecule has 0 saturated carbocycles. The van der Waals surface area contributed by atoms with Crippen molar-refractivity contribution in [3.05, 3.63) is 54.1 Å². The lowest BCUT2D eigenvalue weighted by Crippen LogP contribution is -2.08. The average molecular weight is 417 g/mol. The van der Waals surface area contributed by atoms with Gasteiger partial charge in [-0.15, -0.1) is 0 Å². The minimum Gasteiger partial charge on any atom is -0.494 e. The molecule has 2 rings (SSSR count). The van der Waals surface area contributed by atoms with E-state index < -0.39 is 13.3 Å². The van der Waals surface area contributed by atoms with Gasteiger partial charge in [0.05, 0.1) is 12.2 Å². The first-order chi connectivity index (χ1) is 13.9. The van der Waals surface area contributed by atoms with E-state index in [-0.39, 0.29) is 0 Å². The molecule has 2 aromatic carbocycles. The minimum absolute atomic E-state index is 0.426. The number of carbonyl (C=O) groups excluding carboxylic acids is 1. The van der Waals surface area contributed by atoms with Gasteiger partial charge in [-0.1, -0.05) is 39.0 Å². The van der Waals surface area contributed by atoms with Crippen molar-refractivity contribution in [1.29, 1.82) is 0 Å². The van der Waals surface area contributed by atoms with Crippen LogP contribution in [0, 0.1) is 0 Å². The molecule has 29 heavy (non-hydrogen) atoms. The smallest absolute Gasteiger partial charge is 0.343 e. The maximum absolute atomic E-state index is 12.3. The van der Waals surface area contributed by atoms with Crippen LogP contribution in [0.1, 0.15) is 55.8 Å². The topological polar surface area (TPSA) is 64.6 Å². The summed E-state index contributed by atoms with van der Waals surface area (Å²) >= 11 is 0. The van der Waals surface area contributed by atoms with E-state index in [1.807, 2.05) is 0 Å². The van der Waals surface area contributed by atoms with Gasteiger partial charge in [0, 0.05) is 19.0 Å². The third-order valence-corrected chi connectivity index (χ3v) is 5.12. The number of unbranched alkanes of at least 4 members (excludes halogenated alkanes) is 5. The number of nitrogens with one attached hydrogen (secondary N) is 1. The van der Waals surface area contributed by atoms with Crippen LogP contribution in [0.5, 0.6) is 11.5 Å². The molecule has 0 aliphatic rings. The first-order valence-electron chi connectivity index (χ1n) is 10.3. The molecule has 0 heterocycles.